The van der Waals surface area contributed by atoms with Crippen molar-refractivity contribution >= 4 is 26.8 Å². The van der Waals surface area contributed by atoms with Crippen LogP contribution < -0.4 is 5.32 Å². The Kier molecular flexibility index (Phi) is 4.64. The van der Waals surface area contributed by atoms with E-state index in [-0.39, 0.29) is 5.91 Å². The zero-order valence-electron chi connectivity index (χ0n) is 15.1. The number of hydrogen-bond donors (Lipinski definition) is 2. The number of rotatable bonds is 4. The van der Waals surface area contributed by atoms with Crippen molar-refractivity contribution in [3.8, 4) is 0 Å². The minimum atomic E-state index is -3.36. The van der Waals surface area contributed by atoms with Crippen LogP contribution in [0, 0.1) is 20.8 Å². The van der Waals surface area contributed by atoms with E-state index in [1.165, 1.54) is 15.3 Å². The van der Waals surface area contributed by atoms with E-state index in [1.54, 1.807) is 0 Å². The monoisotopic (exact) mass is 363 g/mol. The summed E-state index contributed by atoms with van der Waals surface area (Å²) in [7, 11) is -3.36. The Balaban J connectivity index is 1.81. The van der Waals surface area contributed by atoms with Gasteiger partial charge < -0.3 is 10.3 Å². The van der Waals surface area contributed by atoms with Gasteiger partial charge in [0.2, 0.25) is 15.9 Å². The molecule has 2 aromatic rings. The van der Waals surface area contributed by atoms with Gasteiger partial charge >= 0.3 is 0 Å². The van der Waals surface area contributed by atoms with Crippen LogP contribution in [0.2, 0.25) is 0 Å². The first kappa shape index (κ1) is 17.9. The van der Waals surface area contributed by atoms with Gasteiger partial charge in [-0.1, -0.05) is 11.6 Å². The summed E-state index contributed by atoms with van der Waals surface area (Å²) in [4.78, 5) is 15.9. The smallest absolute Gasteiger partial charge is 0.238 e. The predicted molar refractivity (Wildman–Crippen MR) is 98.9 cm³/mol. The second-order valence-electron chi connectivity index (χ2n) is 6.97. The number of amides is 1. The van der Waals surface area contributed by atoms with Gasteiger partial charge in [-0.25, -0.2) is 8.42 Å². The Morgan fingerprint density at radius 2 is 2.04 bits per heavy atom. The highest BCUT2D eigenvalue weighted by atomic mass is 32.2. The lowest BCUT2D eigenvalue weighted by Crippen LogP contribution is -2.45. The lowest BCUT2D eigenvalue weighted by molar-refractivity contribution is -0.124. The Labute approximate surface area is 148 Å². The standard InChI is InChI=1S/C18H25N3O3S/c1-11-8-14(17-15(9-11)12(2)13(3)20-17)10-19-18(22)16-6-5-7-21(16)25(4,23)24/h8-9,16,20H,5-7,10H2,1-4H3,(H,19,22). The summed E-state index contributed by atoms with van der Waals surface area (Å²) in [6, 6.07) is 3.60. The molecule has 7 heteroatoms. The summed E-state index contributed by atoms with van der Waals surface area (Å²) >= 11 is 0. The van der Waals surface area contributed by atoms with E-state index in [9.17, 15) is 13.2 Å². The van der Waals surface area contributed by atoms with Crippen LogP contribution in [-0.2, 0) is 21.4 Å². The van der Waals surface area contributed by atoms with Crippen molar-refractivity contribution in [2.45, 2.75) is 46.2 Å². The number of nitrogens with one attached hydrogen (secondary N) is 2. The van der Waals surface area contributed by atoms with Crippen molar-refractivity contribution in [2.24, 2.45) is 0 Å². The predicted octanol–water partition coefficient (Wildman–Crippen LogP) is 2.13. The van der Waals surface area contributed by atoms with Crippen LogP contribution >= 0.6 is 0 Å². The van der Waals surface area contributed by atoms with E-state index in [0.717, 1.165) is 35.0 Å². The van der Waals surface area contributed by atoms with Crippen molar-refractivity contribution in [1.29, 1.82) is 0 Å². The molecular weight excluding hydrogens is 338 g/mol. The first-order valence-corrected chi connectivity index (χ1v) is 10.4. The van der Waals surface area contributed by atoms with Crippen LogP contribution in [0.15, 0.2) is 12.1 Å². The molecule has 1 saturated heterocycles. The molecular formula is C18H25N3O3S. The van der Waals surface area contributed by atoms with E-state index in [2.05, 4.69) is 29.4 Å². The number of aromatic nitrogens is 1. The molecule has 0 aliphatic carbocycles. The SMILES string of the molecule is Cc1cc(CNC(=O)C2CCCN2S(C)(=O)=O)c2[nH]c(C)c(C)c2c1. The van der Waals surface area contributed by atoms with Gasteiger partial charge in [0.1, 0.15) is 6.04 Å². The van der Waals surface area contributed by atoms with Gasteiger partial charge in [-0.3, -0.25) is 4.79 Å². The maximum absolute atomic E-state index is 12.5. The number of hydrogen-bond acceptors (Lipinski definition) is 3. The van der Waals surface area contributed by atoms with Gasteiger partial charge in [-0.2, -0.15) is 4.31 Å². The molecule has 1 unspecified atom stereocenters. The fraction of sp³-hybridized carbons (Fsp3) is 0.500. The molecule has 1 aliphatic rings. The first-order chi connectivity index (χ1) is 11.7. The van der Waals surface area contributed by atoms with Gasteiger partial charge in [-0.15, -0.1) is 0 Å². The number of carbonyl (C=O) groups is 1. The molecule has 0 radical (unpaired) electrons. The summed E-state index contributed by atoms with van der Waals surface area (Å²) in [5, 5.41) is 4.09. The molecule has 1 amide bonds. The largest absolute Gasteiger partial charge is 0.358 e. The van der Waals surface area contributed by atoms with Gasteiger partial charge in [0.05, 0.1) is 11.8 Å². The van der Waals surface area contributed by atoms with E-state index in [0.29, 0.717) is 19.5 Å². The average molecular weight is 363 g/mol. The molecule has 0 bridgehead atoms. The first-order valence-electron chi connectivity index (χ1n) is 8.51. The molecule has 1 atom stereocenters. The fourth-order valence-electron chi connectivity index (χ4n) is 3.63. The van der Waals surface area contributed by atoms with Crippen molar-refractivity contribution in [3.63, 3.8) is 0 Å². The van der Waals surface area contributed by atoms with Crippen LogP contribution in [-0.4, -0.2) is 42.5 Å². The minimum Gasteiger partial charge on any atom is -0.358 e. The number of H-pyrrole nitrogens is 1. The van der Waals surface area contributed by atoms with E-state index < -0.39 is 16.1 Å². The van der Waals surface area contributed by atoms with Crippen molar-refractivity contribution in [3.05, 3.63) is 34.5 Å². The minimum absolute atomic E-state index is 0.224. The summed E-state index contributed by atoms with van der Waals surface area (Å²) in [5.74, 6) is -0.224. The Morgan fingerprint density at radius 3 is 2.72 bits per heavy atom. The lowest BCUT2D eigenvalue weighted by atomic mass is 10.0. The maximum Gasteiger partial charge on any atom is 0.238 e. The van der Waals surface area contributed by atoms with Gasteiger partial charge in [-0.05, 0) is 50.8 Å². The Hall–Kier alpha value is -1.86. The fourth-order valence-corrected chi connectivity index (χ4v) is 4.75. The summed E-state index contributed by atoms with van der Waals surface area (Å²) in [5.41, 5.74) is 5.52. The number of nitrogens with zero attached hydrogens (tertiary/aromatic N) is 1. The molecule has 3 rings (SSSR count). The van der Waals surface area contributed by atoms with Crippen molar-refractivity contribution in [1.82, 2.24) is 14.6 Å². The Morgan fingerprint density at radius 1 is 1.32 bits per heavy atom. The van der Waals surface area contributed by atoms with E-state index in [4.69, 9.17) is 0 Å². The summed E-state index contributed by atoms with van der Waals surface area (Å²) in [6.07, 6.45) is 2.45. The highest BCUT2D eigenvalue weighted by Gasteiger charge is 2.36. The number of aromatic amines is 1. The third kappa shape index (κ3) is 3.43. The molecule has 1 aromatic heterocycles. The van der Waals surface area contributed by atoms with E-state index in [1.807, 2.05) is 13.8 Å². The van der Waals surface area contributed by atoms with Crippen LogP contribution in [0.25, 0.3) is 10.9 Å². The highest BCUT2D eigenvalue weighted by Crippen LogP contribution is 2.26. The zero-order chi connectivity index (χ0) is 18.4. The normalized spacial score (nSPS) is 18.8. The molecule has 25 heavy (non-hydrogen) atoms. The molecule has 2 N–H and O–H groups in total. The average Bonchev–Trinajstić information content (AvgIpc) is 3.12. The maximum atomic E-state index is 12.5. The number of fused-ring (bicyclic) bond motifs is 1. The van der Waals surface area contributed by atoms with Gasteiger partial charge in [0, 0.05) is 24.2 Å². The van der Waals surface area contributed by atoms with Gasteiger partial charge in [0.15, 0.2) is 0 Å². The number of benzene rings is 1. The topological polar surface area (TPSA) is 82.3 Å². The number of carbonyl (C=O) groups excluding carboxylic acids is 1. The molecule has 1 fully saturated rings. The van der Waals surface area contributed by atoms with Crippen LogP contribution in [0.4, 0.5) is 0 Å². The molecule has 2 heterocycles. The van der Waals surface area contributed by atoms with Crippen molar-refractivity contribution < 1.29 is 13.2 Å². The highest BCUT2D eigenvalue weighted by molar-refractivity contribution is 7.88. The molecule has 1 aromatic carbocycles. The van der Waals surface area contributed by atoms with Gasteiger partial charge in [0.25, 0.3) is 0 Å². The zero-order valence-corrected chi connectivity index (χ0v) is 16.0. The summed E-state index contributed by atoms with van der Waals surface area (Å²) < 4.78 is 24.9. The van der Waals surface area contributed by atoms with Crippen LogP contribution in [0.5, 0.6) is 0 Å². The van der Waals surface area contributed by atoms with Crippen LogP contribution in [0.3, 0.4) is 0 Å². The van der Waals surface area contributed by atoms with E-state index >= 15 is 0 Å². The second-order valence-corrected chi connectivity index (χ2v) is 8.91. The lowest BCUT2D eigenvalue weighted by Gasteiger charge is -2.21. The Bertz CT molecular complexity index is 931. The quantitative estimate of drug-likeness (QED) is 0.873. The second kappa shape index (κ2) is 6.46. The molecule has 6 nitrogen and oxygen atoms in total. The molecule has 0 spiro atoms. The molecule has 0 saturated carbocycles. The third-order valence-corrected chi connectivity index (χ3v) is 6.32. The molecule has 136 valence electrons. The number of aryl methyl sites for hydroxylation is 3. The molecule has 1 aliphatic heterocycles. The van der Waals surface area contributed by atoms with Crippen LogP contribution in [0.1, 0.15) is 35.2 Å². The van der Waals surface area contributed by atoms with Crippen molar-refractivity contribution in [2.75, 3.05) is 12.8 Å². The number of sulfonamides is 1. The summed E-state index contributed by atoms with van der Waals surface area (Å²) in [6.45, 7) is 6.95. The third-order valence-electron chi connectivity index (χ3n) is 5.03.